The predicted molar refractivity (Wildman–Crippen MR) is 70.3 cm³/mol. The predicted octanol–water partition coefficient (Wildman–Crippen LogP) is 2.92. The normalized spacial score (nSPS) is 9.00. The number of esters is 1. The van der Waals surface area contributed by atoms with Crippen LogP contribution < -0.4 is 4.74 Å². The van der Waals surface area contributed by atoms with Crippen molar-refractivity contribution in [2.24, 2.45) is 0 Å². The summed E-state index contributed by atoms with van der Waals surface area (Å²) < 4.78 is 18.7. The number of hydrogen-bond donors (Lipinski definition) is 0. The van der Waals surface area contributed by atoms with Gasteiger partial charge in [-0.1, -0.05) is 18.2 Å². The molecule has 0 amide bonds. The third-order valence-corrected chi connectivity index (χ3v) is 2.41. The molecule has 0 saturated heterocycles. The highest BCUT2D eigenvalue weighted by molar-refractivity contribution is 5.90. The standard InChI is InChI=1S/C16H8FNO2/c17-15-11-14(9-8-12(15)7-4-10-18)20-16(19)13-5-2-1-3-6-13/h1-3,5-6,8-9,11H. The Hall–Kier alpha value is -3.11. The molecule has 0 fully saturated rings. The molecule has 0 saturated carbocycles. The minimum absolute atomic E-state index is 0.0751. The lowest BCUT2D eigenvalue weighted by molar-refractivity contribution is 0.0734. The molecule has 0 N–H and O–H groups in total. The van der Waals surface area contributed by atoms with E-state index in [1.54, 1.807) is 36.4 Å². The van der Waals surface area contributed by atoms with E-state index in [0.717, 1.165) is 6.07 Å². The molecule has 0 aromatic heterocycles. The molecule has 0 heterocycles. The molecule has 2 rings (SSSR count). The molecule has 96 valence electrons. The fourth-order valence-electron chi connectivity index (χ4n) is 1.50. The first-order valence-electron chi connectivity index (χ1n) is 5.67. The maximum absolute atomic E-state index is 13.6. The second kappa shape index (κ2) is 6.17. The average molecular weight is 265 g/mol. The fourth-order valence-corrected chi connectivity index (χ4v) is 1.50. The maximum Gasteiger partial charge on any atom is 0.343 e. The van der Waals surface area contributed by atoms with Crippen LogP contribution in [0.25, 0.3) is 0 Å². The molecule has 0 spiro atoms. The Kier molecular flexibility index (Phi) is 4.11. The summed E-state index contributed by atoms with van der Waals surface area (Å²) >= 11 is 0. The van der Waals surface area contributed by atoms with Crippen molar-refractivity contribution in [3.05, 3.63) is 65.5 Å². The lowest BCUT2D eigenvalue weighted by Gasteiger charge is -2.04. The van der Waals surface area contributed by atoms with Crippen LogP contribution in [0, 0.1) is 29.0 Å². The van der Waals surface area contributed by atoms with Gasteiger partial charge in [0.1, 0.15) is 11.6 Å². The van der Waals surface area contributed by atoms with E-state index in [1.165, 1.54) is 12.1 Å². The fraction of sp³-hybridized carbons (Fsp3) is 0. The van der Waals surface area contributed by atoms with Crippen molar-refractivity contribution < 1.29 is 13.9 Å². The number of ether oxygens (including phenoxy) is 1. The van der Waals surface area contributed by atoms with Gasteiger partial charge < -0.3 is 4.74 Å². The number of halogens is 1. The minimum atomic E-state index is -0.647. The van der Waals surface area contributed by atoms with E-state index in [4.69, 9.17) is 10.00 Å². The zero-order valence-corrected chi connectivity index (χ0v) is 10.3. The van der Waals surface area contributed by atoms with Gasteiger partial charge in [-0.25, -0.2) is 9.18 Å². The van der Waals surface area contributed by atoms with Gasteiger partial charge in [0.25, 0.3) is 0 Å². The largest absolute Gasteiger partial charge is 0.423 e. The van der Waals surface area contributed by atoms with Gasteiger partial charge in [0, 0.05) is 12.0 Å². The van der Waals surface area contributed by atoms with Crippen LogP contribution >= 0.6 is 0 Å². The van der Waals surface area contributed by atoms with Crippen LogP contribution in [-0.2, 0) is 0 Å². The maximum atomic E-state index is 13.6. The molecular weight excluding hydrogens is 257 g/mol. The Bertz CT molecular complexity index is 737. The number of hydrogen-bond acceptors (Lipinski definition) is 3. The lowest BCUT2D eigenvalue weighted by Crippen LogP contribution is -2.08. The molecule has 0 aliphatic carbocycles. The molecule has 20 heavy (non-hydrogen) atoms. The van der Waals surface area contributed by atoms with E-state index in [0.29, 0.717) is 5.56 Å². The van der Waals surface area contributed by atoms with Crippen molar-refractivity contribution in [2.75, 3.05) is 0 Å². The van der Waals surface area contributed by atoms with E-state index in [9.17, 15) is 9.18 Å². The van der Waals surface area contributed by atoms with Crippen molar-refractivity contribution in [3.8, 4) is 23.7 Å². The quantitative estimate of drug-likeness (QED) is 0.476. The van der Waals surface area contributed by atoms with Gasteiger partial charge in [-0.2, -0.15) is 5.26 Å². The Morgan fingerprint density at radius 1 is 1.15 bits per heavy atom. The van der Waals surface area contributed by atoms with Crippen molar-refractivity contribution in [1.82, 2.24) is 0 Å². The number of carbonyl (C=O) groups excluding carboxylic acids is 1. The zero-order valence-electron chi connectivity index (χ0n) is 10.3. The molecule has 2 aromatic rings. The van der Waals surface area contributed by atoms with Gasteiger partial charge in [-0.15, -0.1) is 0 Å². The van der Waals surface area contributed by atoms with Gasteiger partial charge >= 0.3 is 5.97 Å². The molecule has 0 aliphatic heterocycles. The molecule has 0 atom stereocenters. The van der Waals surface area contributed by atoms with Gasteiger partial charge in [0.05, 0.1) is 11.1 Å². The van der Waals surface area contributed by atoms with Crippen LogP contribution in [0.15, 0.2) is 48.5 Å². The third kappa shape index (κ3) is 3.22. The number of carbonyl (C=O) groups is 1. The Morgan fingerprint density at radius 2 is 1.90 bits per heavy atom. The topological polar surface area (TPSA) is 50.1 Å². The van der Waals surface area contributed by atoms with E-state index in [2.05, 4.69) is 11.8 Å². The second-order valence-corrected chi connectivity index (χ2v) is 3.76. The Balaban J connectivity index is 2.17. The summed E-state index contributed by atoms with van der Waals surface area (Å²) in [5.41, 5.74) is 0.451. The molecule has 0 unspecified atom stereocenters. The minimum Gasteiger partial charge on any atom is -0.423 e. The van der Waals surface area contributed by atoms with E-state index < -0.39 is 11.8 Å². The second-order valence-electron chi connectivity index (χ2n) is 3.76. The van der Waals surface area contributed by atoms with E-state index in [-0.39, 0.29) is 11.3 Å². The molecule has 2 aromatic carbocycles. The van der Waals surface area contributed by atoms with Crippen molar-refractivity contribution >= 4 is 5.97 Å². The van der Waals surface area contributed by atoms with Gasteiger partial charge in [0.2, 0.25) is 0 Å². The molecule has 4 heteroatoms. The highest BCUT2D eigenvalue weighted by Gasteiger charge is 2.09. The number of nitrogens with zero attached hydrogens (tertiary/aromatic N) is 1. The van der Waals surface area contributed by atoms with Gasteiger partial charge in [0.15, 0.2) is 6.07 Å². The van der Waals surface area contributed by atoms with E-state index in [1.807, 2.05) is 0 Å². The van der Waals surface area contributed by atoms with Crippen LogP contribution in [0.4, 0.5) is 4.39 Å². The highest BCUT2D eigenvalue weighted by Crippen LogP contribution is 2.17. The number of rotatable bonds is 2. The highest BCUT2D eigenvalue weighted by atomic mass is 19.1. The first kappa shape index (κ1) is 13.3. The van der Waals surface area contributed by atoms with Crippen LogP contribution in [0.5, 0.6) is 5.75 Å². The van der Waals surface area contributed by atoms with Crippen LogP contribution in [0.2, 0.25) is 0 Å². The Labute approximate surface area is 115 Å². The van der Waals surface area contributed by atoms with Crippen LogP contribution in [-0.4, -0.2) is 5.97 Å². The van der Waals surface area contributed by atoms with Crippen molar-refractivity contribution in [3.63, 3.8) is 0 Å². The van der Waals surface area contributed by atoms with Crippen LogP contribution in [0.1, 0.15) is 15.9 Å². The lowest BCUT2D eigenvalue weighted by atomic mass is 10.2. The SMILES string of the molecule is N#CC#Cc1ccc(OC(=O)c2ccccc2)cc1F. The summed E-state index contributed by atoms with van der Waals surface area (Å²) in [6.07, 6.45) is 0. The van der Waals surface area contributed by atoms with Crippen molar-refractivity contribution in [2.45, 2.75) is 0 Å². The van der Waals surface area contributed by atoms with Gasteiger partial charge in [-0.05, 0) is 30.2 Å². The van der Waals surface area contributed by atoms with E-state index >= 15 is 0 Å². The molecular formula is C16H8FNO2. The Morgan fingerprint density at radius 3 is 2.55 bits per heavy atom. The summed E-state index contributed by atoms with van der Waals surface area (Å²) in [5, 5.41) is 8.30. The zero-order chi connectivity index (χ0) is 14.4. The number of nitriles is 1. The summed E-state index contributed by atoms with van der Waals surface area (Å²) in [5.74, 6) is 3.31. The average Bonchev–Trinajstić information content (AvgIpc) is 2.47. The smallest absolute Gasteiger partial charge is 0.343 e. The third-order valence-electron chi connectivity index (χ3n) is 2.41. The van der Waals surface area contributed by atoms with Crippen molar-refractivity contribution in [1.29, 1.82) is 5.26 Å². The summed E-state index contributed by atoms with van der Waals surface area (Å²) in [4.78, 5) is 11.8. The van der Waals surface area contributed by atoms with Gasteiger partial charge in [-0.3, -0.25) is 0 Å². The summed E-state index contributed by atoms with van der Waals surface area (Å²) in [7, 11) is 0. The monoisotopic (exact) mass is 265 g/mol. The number of benzene rings is 2. The first-order valence-corrected chi connectivity index (χ1v) is 5.67. The molecule has 0 radical (unpaired) electrons. The summed E-state index contributed by atoms with van der Waals surface area (Å²) in [6.45, 7) is 0. The van der Waals surface area contributed by atoms with Crippen LogP contribution in [0.3, 0.4) is 0 Å². The molecule has 0 aliphatic rings. The summed E-state index contributed by atoms with van der Waals surface area (Å²) in [6, 6.07) is 13.8. The molecule has 0 bridgehead atoms. The molecule has 3 nitrogen and oxygen atoms in total. The first-order chi connectivity index (χ1) is 9.70.